The molecule has 0 spiro atoms. The van der Waals surface area contributed by atoms with Gasteiger partial charge in [-0.1, -0.05) is 32.0 Å². The Morgan fingerprint density at radius 3 is 2.50 bits per heavy atom. The van der Waals surface area contributed by atoms with Gasteiger partial charge in [0, 0.05) is 13.6 Å². The highest BCUT2D eigenvalue weighted by atomic mass is 79.9. The van der Waals surface area contributed by atoms with Crippen LogP contribution in [0.2, 0.25) is 0 Å². The summed E-state index contributed by atoms with van der Waals surface area (Å²) in [4.78, 5) is 13.7. The minimum atomic E-state index is -4.46. The Labute approximate surface area is 146 Å². The van der Waals surface area contributed by atoms with Crippen LogP contribution >= 0.6 is 15.9 Å². The first-order chi connectivity index (χ1) is 11.1. The van der Waals surface area contributed by atoms with E-state index in [-0.39, 0.29) is 23.7 Å². The third-order valence-corrected chi connectivity index (χ3v) is 4.39. The Hall–Kier alpha value is -1.83. The molecule has 0 aliphatic carbocycles. The molecule has 1 amide bonds. The first kappa shape index (κ1) is 18.5. The van der Waals surface area contributed by atoms with E-state index in [0.717, 1.165) is 11.8 Å². The zero-order valence-electron chi connectivity index (χ0n) is 13.4. The van der Waals surface area contributed by atoms with Crippen LogP contribution in [0, 0.1) is 0 Å². The van der Waals surface area contributed by atoms with Crippen molar-refractivity contribution in [1.29, 1.82) is 0 Å². The number of rotatable bonds is 4. The first-order valence-corrected chi connectivity index (χ1v) is 8.06. The van der Waals surface area contributed by atoms with Gasteiger partial charge in [-0.3, -0.25) is 9.89 Å². The van der Waals surface area contributed by atoms with Crippen LogP contribution < -0.4 is 0 Å². The molecule has 2 rings (SSSR count). The van der Waals surface area contributed by atoms with E-state index in [1.165, 1.54) is 30.1 Å². The maximum Gasteiger partial charge on any atom is 0.416 e. The zero-order chi connectivity index (χ0) is 18.1. The predicted molar refractivity (Wildman–Crippen MR) is 87.6 cm³/mol. The number of nitrogens with zero attached hydrogens (tertiary/aromatic N) is 2. The second-order valence-corrected chi connectivity index (χ2v) is 6.56. The molecule has 130 valence electrons. The summed E-state index contributed by atoms with van der Waals surface area (Å²) in [6, 6.07) is 5.22. The van der Waals surface area contributed by atoms with E-state index in [4.69, 9.17) is 0 Å². The molecule has 8 heteroatoms. The van der Waals surface area contributed by atoms with Gasteiger partial charge in [0.05, 0.1) is 15.7 Å². The Morgan fingerprint density at radius 2 is 1.96 bits per heavy atom. The van der Waals surface area contributed by atoms with Gasteiger partial charge in [0.25, 0.3) is 5.91 Å². The van der Waals surface area contributed by atoms with Crippen molar-refractivity contribution in [2.75, 3.05) is 7.05 Å². The number of benzene rings is 1. The van der Waals surface area contributed by atoms with Crippen LogP contribution in [-0.4, -0.2) is 28.1 Å². The molecular formula is C16H17BrF3N3O. The minimum Gasteiger partial charge on any atom is -0.336 e. The van der Waals surface area contributed by atoms with Crippen LogP contribution in [0.25, 0.3) is 0 Å². The Morgan fingerprint density at radius 1 is 1.33 bits per heavy atom. The van der Waals surface area contributed by atoms with Gasteiger partial charge in [-0.15, -0.1) is 0 Å². The van der Waals surface area contributed by atoms with Gasteiger partial charge in [0.2, 0.25) is 0 Å². The number of amides is 1. The summed E-state index contributed by atoms with van der Waals surface area (Å²) in [5.74, 6) is -0.327. The monoisotopic (exact) mass is 403 g/mol. The zero-order valence-corrected chi connectivity index (χ0v) is 15.0. The molecule has 2 aromatic rings. The van der Waals surface area contributed by atoms with E-state index >= 15 is 0 Å². The number of hydrogen-bond donors (Lipinski definition) is 1. The van der Waals surface area contributed by atoms with Gasteiger partial charge in [-0.25, -0.2) is 0 Å². The van der Waals surface area contributed by atoms with E-state index in [9.17, 15) is 18.0 Å². The Bertz CT molecular complexity index is 740. The van der Waals surface area contributed by atoms with Crippen molar-refractivity contribution in [2.45, 2.75) is 32.5 Å². The van der Waals surface area contributed by atoms with Gasteiger partial charge in [0.15, 0.2) is 5.69 Å². The summed E-state index contributed by atoms with van der Waals surface area (Å²) in [5, 5.41) is 6.77. The largest absolute Gasteiger partial charge is 0.416 e. The highest BCUT2D eigenvalue weighted by Crippen LogP contribution is 2.32. The maximum absolute atomic E-state index is 13.1. The quantitative estimate of drug-likeness (QED) is 0.811. The van der Waals surface area contributed by atoms with Gasteiger partial charge in [-0.05, 0) is 33.5 Å². The molecule has 0 unspecified atom stereocenters. The molecule has 4 nitrogen and oxygen atoms in total. The minimum absolute atomic E-state index is 0.0385. The molecule has 0 radical (unpaired) electrons. The standard InChI is InChI=1S/C16H17BrF3N3O/c1-9(2)13-12(17)14(22-21-13)15(24)23(3)8-10-6-4-5-7-11(10)16(18,19)20/h4-7,9H,8H2,1-3H3,(H,21,22). The van der Waals surface area contributed by atoms with Crippen LogP contribution in [0.5, 0.6) is 0 Å². The molecule has 1 aromatic carbocycles. The lowest BCUT2D eigenvalue weighted by molar-refractivity contribution is -0.138. The normalized spacial score (nSPS) is 11.8. The number of carbonyl (C=O) groups is 1. The van der Waals surface area contributed by atoms with Crippen LogP contribution in [-0.2, 0) is 12.7 Å². The second kappa shape index (κ2) is 6.96. The summed E-state index contributed by atoms with van der Waals surface area (Å²) >= 11 is 3.33. The van der Waals surface area contributed by atoms with Crippen molar-refractivity contribution in [3.8, 4) is 0 Å². The number of carbonyl (C=O) groups excluding carboxylic acids is 1. The molecule has 0 aliphatic heterocycles. The fraction of sp³-hybridized carbons (Fsp3) is 0.375. The number of halogens is 4. The fourth-order valence-electron chi connectivity index (χ4n) is 2.31. The molecule has 0 bridgehead atoms. The van der Waals surface area contributed by atoms with Gasteiger partial charge >= 0.3 is 6.18 Å². The molecule has 1 heterocycles. The number of alkyl halides is 3. The number of hydrogen-bond acceptors (Lipinski definition) is 2. The van der Waals surface area contributed by atoms with Crippen molar-refractivity contribution >= 4 is 21.8 Å². The van der Waals surface area contributed by atoms with Crippen LogP contribution in [0.4, 0.5) is 13.2 Å². The van der Waals surface area contributed by atoms with E-state index in [1.54, 1.807) is 0 Å². The van der Waals surface area contributed by atoms with Crippen molar-refractivity contribution in [1.82, 2.24) is 15.1 Å². The van der Waals surface area contributed by atoms with E-state index in [1.807, 2.05) is 13.8 Å². The van der Waals surface area contributed by atoms with Gasteiger partial charge < -0.3 is 4.90 Å². The highest BCUT2D eigenvalue weighted by molar-refractivity contribution is 9.10. The van der Waals surface area contributed by atoms with Gasteiger partial charge in [0.1, 0.15) is 0 Å². The Balaban J connectivity index is 2.25. The molecule has 24 heavy (non-hydrogen) atoms. The average molecular weight is 404 g/mol. The summed E-state index contributed by atoms with van der Waals surface area (Å²) in [5.41, 5.74) is 0.221. The number of nitrogens with one attached hydrogen (secondary N) is 1. The maximum atomic E-state index is 13.1. The Kier molecular flexibility index (Phi) is 5.37. The van der Waals surface area contributed by atoms with Crippen molar-refractivity contribution in [3.63, 3.8) is 0 Å². The van der Waals surface area contributed by atoms with Crippen molar-refractivity contribution in [3.05, 3.63) is 51.3 Å². The lowest BCUT2D eigenvalue weighted by atomic mass is 10.1. The molecule has 0 fully saturated rings. The molecule has 0 saturated carbocycles. The number of H-pyrrole nitrogens is 1. The second-order valence-electron chi connectivity index (χ2n) is 5.77. The van der Waals surface area contributed by atoms with Crippen LogP contribution in [0.1, 0.15) is 47.1 Å². The third-order valence-electron chi connectivity index (χ3n) is 3.59. The molecule has 0 atom stereocenters. The first-order valence-electron chi connectivity index (χ1n) is 7.27. The van der Waals surface area contributed by atoms with E-state index < -0.39 is 17.6 Å². The molecule has 0 saturated heterocycles. The molecule has 1 N–H and O–H groups in total. The van der Waals surface area contributed by atoms with E-state index in [0.29, 0.717) is 4.47 Å². The lowest BCUT2D eigenvalue weighted by Crippen LogP contribution is -2.28. The SMILES string of the molecule is CC(C)c1[nH]nc(C(=O)N(C)Cc2ccccc2C(F)(F)F)c1Br. The van der Waals surface area contributed by atoms with Crippen LogP contribution in [0.15, 0.2) is 28.7 Å². The molecular weight excluding hydrogens is 387 g/mol. The topological polar surface area (TPSA) is 49.0 Å². The summed E-state index contributed by atoms with van der Waals surface area (Å²) < 4.78 is 39.7. The summed E-state index contributed by atoms with van der Waals surface area (Å²) in [6.45, 7) is 3.72. The lowest BCUT2D eigenvalue weighted by Gasteiger charge is -2.19. The highest BCUT2D eigenvalue weighted by Gasteiger charge is 2.33. The molecule has 0 aliphatic rings. The fourth-order valence-corrected chi connectivity index (χ4v) is 3.11. The van der Waals surface area contributed by atoms with Crippen molar-refractivity contribution < 1.29 is 18.0 Å². The number of aromatic amines is 1. The van der Waals surface area contributed by atoms with Crippen molar-refractivity contribution in [2.24, 2.45) is 0 Å². The number of aromatic nitrogens is 2. The van der Waals surface area contributed by atoms with E-state index in [2.05, 4.69) is 26.1 Å². The molecule has 1 aromatic heterocycles. The van der Waals surface area contributed by atoms with Crippen LogP contribution in [0.3, 0.4) is 0 Å². The summed E-state index contributed by atoms with van der Waals surface area (Å²) in [6.07, 6.45) is -4.46. The van der Waals surface area contributed by atoms with Gasteiger partial charge in [-0.2, -0.15) is 18.3 Å². The summed E-state index contributed by atoms with van der Waals surface area (Å²) in [7, 11) is 1.45. The predicted octanol–water partition coefficient (Wildman–Crippen LogP) is 4.59. The average Bonchev–Trinajstić information content (AvgIpc) is 2.87. The third kappa shape index (κ3) is 3.80. The smallest absolute Gasteiger partial charge is 0.336 e.